The molecule has 3 aromatic carbocycles. The van der Waals surface area contributed by atoms with Gasteiger partial charge >= 0.3 is 6.18 Å². The van der Waals surface area contributed by atoms with Gasteiger partial charge in [-0.15, -0.1) is 0 Å². The minimum absolute atomic E-state index is 0.0767. The summed E-state index contributed by atoms with van der Waals surface area (Å²) in [4.78, 5) is 25.2. The van der Waals surface area contributed by atoms with Crippen molar-refractivity contribution in [3.8, 4) is 0 Å². The molecule has 0 heterocycles. The van der Waals surface area contributed by atoms with E-state index in [1.807, 2.05) is 0 Å². The maximum atomic E-state index is 13.5. The molecule has 0 spiro atoms. The van der Waals surface area contributed by atoms with Crippen molar-refractivity contribution in [2.45, 2.75) is 11.1 Å². The van der Waals surface area contributed by atoms with Gasteiger partial charge in [0.2, 0.25) is 0 Å². The van der Waals surface area contributed by atoms with Crippen LogP contribution in [0.15, 0.2) is 53.4 Å². The predicted octanol–water partition coefficient (Wildman–Crippen LogP) is 4.19. The van der Waals surface area contributed by atoms with Crippen molar-refractivity contribution in [3.05, 3.63) is 82.2 Å². The molecule has 1 aliphatic rings. The SMILES string of the molecule is Nc1c(S(=O)(=O)O)cc(Nc2ccc(F)cc2C(F)(F)F)c2c1C(=O)c1ccccc1C2=O. The lowest BCUT2D eigenvalue weighted by atomic mass is 9.82. The smallest absolute Gasteiger partial charge is 0.397 e. The lowest BCUT2D eigenvalue weighted by Gasteiger charge is -2.24. The highest BCUT2D eigenvalue weighted by Crippen LogP contribution is 2.42. The zero-order valence-electron chi connectivity index (χ0n) is 16.2. The molecule has 0 fully saturated rings. The average Bonchev–Trinajstić information content (AvgIpc) is 2.72. The molecule has 0 unspecified atom stereocenters. The topological polar surface area (TPSA) is 127 Å². The summed E-state index contributed by atoms with van der Waals surface area (Å²) in [6.07, 6.45) is -5.02. The fraction of sp³-hybridized carbons (Fsp3) is 0.0476. The fourth-order valence-electron chi connectivity index (χ4n) is 3.61. The lowest BCUT2D eigenvalue weighted by Crippen LogP contribution is -2.25. The minimum atomic E-state index is -5.06. The van der Waals surface area contributed by atoms with Gasteiger partial charge in [0.25, 0.3) is 10.1 Å². The number of anilines is 3. The molecule has 33 heavy (non-hydrogen) atoms. The first kappa shape index (κ1) is 22.4. The van der Waals surface area contributed by atoms with Crippen LogP contribution in [0.2, 0.25) is 0 Å². The third-order valence-corrected chi connectivity index (χ3v) is 5.93. The number of nitrogen functional groups attached to an aromatic ring is 1. The van der Waals surface area contributed by atoms with Crippen LogP contribution in [0.4, 0.5) is 34.6 Å². The standard InChI is InChI=1S/C21H12F4N2O5S/c22-9-5-6-13(12(7-9)21(23,24)25)27-14-8-15(33(30,31)32)18(26)17-16(14)19(28)10-3-1-2-4-11(10)20(17)29/h1-8,27H,26H2,(H,30,31,32). The Labute approximate surface area is 183 Å². The van der Waals surface area contributed by atoms with Gasteiger partial charge in [-0.2, -0.15) is 21.6 Å². The summed E-state index contributed by atoms with van der Waals surface area (Å²) in [5.74, 6) is -2.86. The van der Waals surface area contributed by atoms with Gasteiger partial charge in [0.1, 0.15) is 10.7 Å². The van der Waals surface area contributed by atoms with E-state index in [-0.39, 0.29) is 17.2 Å². The number of benzene rings is 3. The van der Waals surface area contributed by atoms with Crippen molar-refractivity contribution in [1.29, 1.82) is 0 Å². The first-order valence-corrected chi connectivity index (χ1v) is 10.5. The first-order valence-electron chi connectivity index (χ1n) is 9.07. The normalized spacial score (nSPS) is 13.5. The van der Waals surface area contributed by atoms with Crippen LogP contribution in [-0.2, 0) is 16.3 Å². The number of carbonyl (C=O) groups is 2. The summed E-state index contributed by atoms with van der Waals surface area (Å²) in [6.45, 7) is 0. The van der Waals surface area contributed by atoms with E-state index in [4.69, 9.17) is 5.73 Å². The highest BCUT2D eigenvalue weighted by Gasteiger charge is 2.38. The van der Waals surface area contributed by atoms with Crippen LogP contribution in [0.5, 0.6) is 0 Å². The molecular formula is C21H12F4N2O5S. The van der Waals surface area contributed by atoms with Crippen molar-refractivity contribution in [2.24, 2.45) is 0 Å². The highest BCUT2D eigenvalue weighted by atomic mass is 32.2. The Morgan fingerprint density at radius 2 is 1.45 bits per heavy atom. The van der Waals surface area contributed by atoms with Crippen LogP contribution in [0.3, 0.4) is 0 Å². The van der Waals surface area contributed by atoms with E-state index in [1.54, 1.807) is 0 Å². The fourth-order valence-corrected chi connectivity index (χ4v) is 4.26. The van der Waals surface area contributed by atoms with Gasteiger partial charge in [0.05, 0.1) is 33.8 Å². The molecule has 1 aliphatic carbocycles. The lowest BCUT2D eigenvalue weighted by molar-refractivity contribution is -0.137. The van der Waals surface area contributed by atoms with Crippen LogP contribution in [0.25, 0.3) is 0 Å². The molecular weight excluding hydrogens is 468 g/mol. The molecule has 0 saturated carbocycles. The molecule has 0 radical (unpaired) electrons. The van der Waals surface area contributed by atoms with Gasteiger partial charge in [-0.25, -0.2) is 4.39 Å². The van der Waals surface area contributed by atoms with Crippen LogP contribution in [0.1, 0.15) is 37.4 Å². The number of carbonyl (C=O) groups excluding carboxylic acids is 2. The van der Waals surface area contributed by atoms with E-state index in [9.17, 15) is 40.1 Å². The molecule has 0 bridgehead atoms. The number of hydrogen-bond donors (Lipinski definition) is 3. The summed E-state index contributed by atoms with van der Waals surface area (Å²) in [7, 11) is -5.06. The molecule has 0 aromatic heterocycles. The van der Waals surface area contributed by atoms with Crippen molar-refractivity contribution >= 4 is 38.7 Å². The van der Waals surface area contributed by atoms with Crippen molar-refractivity contribution in [3.63, 3.8) is 0 Å². The second-order valence-corrected chi connectivity index (χ2v) is 8.47. The Kier molecular flexibility index (Phi) is 5.02. The van der Waals surface area contributed by atoms with E-state index >= 15 is 0 Å². The molecule has 0 amide bonds. The number of halogens is 4. The Morgan fingerprint density at radius 1 is 0.879 bits per heavy atom. The summed E-state index contributed by atoms with van der Waals surface area (Å²) in [5.41, 5.74) is 1.11. The molecule has 4 rings (SSSR count). The predicted molar refractivity (Wildman–Crippen MR) is 109 cm³/mol. The highest BCUT2D eigenvalue weighted by molar-refractivity contribution is 7.86. The number of ketones is 2. The van der Waals surface area contributed by atoms with Gasteiger partial charge in [-0.1, -0.05) is 24.3 Å². The largest absolute Gasteiger partial charge is 0.418 e. The second kappa shape index (κ2) is 7.39. The van der Waals surface area contributed by atoms with Gasteiger partial charge < -0.3 is 11.1 Å². The van der Waals surface area contributed by atoms with Gasteiger partial charge in [-0.05, 0) is 24.3 Å². The average molecular weight is 480 g/mol. The molecule has 12 heteroatoms. The van der Waals surface area contributed by atoms with E-state index in [0.717, 1.165) is 6.07 Å². The van der Waals surface area contributed by atoms with E-state index in [2.05, 4.69) is 5.32 Å². The zero-order valence-corrected chi connectivity index (χ0v) is 17.0. The maximum Gasteiger partial charge on any atom is 0.418 e. The first-order chi connectivity index (χ1) is 15.3. The number of nitrogens with one attached hydrogen (secondary N) is 1. The van der Waals surface area contributed by atoms with E-state index in [0.29, 0.717) is 12.1 Å². The maximum absolute atomic E-state index is 13.5. The molecule has 3 aromatic rings. The summed E-state index contributed by atoms with van der Waals surface area (Å²) in [6, 6.07) is 7.82. The Bertz CT molecular complexity index is 1470. The summed E-state index contributed by atoms with van der Waals surface area (Å²) >= 11 is 0. The van der Waals surface area contributed by atoms with Gasteiger partial charge in [0, 0.05) is 11.1 Å². The number of hydrogen-bond acceptors (Lipinski definition) is 6. The van der Waals surface area contributed by atoms with Crippen LogP contribution < -0.4 is 11.1 Å². The number of rotatable bonds is 3. The van der Waals surface area contributed by atoms with Crippen LogP contribution in [0, 0.1) is 5.82 Å². The van der Waals surface area contributed by atoms with E-state index in [1.165, 1.54) is 24.3 Å². The minimum Gasteiger partial charge on any atom is -0.397 e. The van der Waals surface area contributed by atoms with Gasteiger partial charge in [-0.3, -0.25) is 14.1 Å². The van der Waals surface area contributed by atoms with Crippen molar-refractivity contribution in [2.75, 3.05) is 11.1 Å². The van der Waals surface area contributed by atoms with Crippen LogP contribution >= 0.6 is 0 Å². The quantitative estimate of drug-likeness (QED) is 0.228. The molecule has 4 N–H and O–H groups in total. The number of nitrogens with two attached hydrogens (primary N) is 1. The number of fused-ring (bicyclic) bond motifs is 2. The van der Waals surface area contributed by atoms with Crippen molar-refractivity contribution in [1.82, 2.24) is 0 Å². The Hall–Kier alpha value is -3.77. The second-order valence-electron chi connectivity index (χ2n) is 7.08. The number of alkyl halides is 3. The third-order valence-electron chi connectivity index (χ3n) is 5.03. The van der Waals surface area contributed by atoms with Crippen LogP contribution in [-0.4, -0.2) is 24.5 Å². The Balaban J connectivity index is 2.04. The molecule has 0 aliphatic heterocycles. The molecule has 7 nitrogen and oxygen atoms in total. The molecule has 170 valence electrons. The zero-order chi connectivity index (χ0) is 24.3. The molecule has 0 saturated heterocycles. The summed E-state index contributed by atoms with van der Waals surface area (Å²) in [5, 5.41) is 2.27. The Morgan fingerprint density at radius 3 is 2.00 bits per heavy atom. The van der Waals surface area contributed by atoms with Gasteiger partial charge in [0.15, 0.2) is 11.6 Å². The van der Waals surface area contributed by atoms with E-state index < -0.39 is 72.3 Å². The summed E-state index contributed by atoms with van der Waals surface area (Å²) < 4.78 is 87.2. The third kappa shape index (κ3) is 3.72. The molecule has 0 atom stereocenters. The monoisotopic (exact) mass is 480 g/mol. The van der Waals surface area contributed by atoms with Crippen molar-refractivity contribution < 1.29 is 40.1 Å².